The number of carbonyl (C=O) groups excluding carboxylic acids is 1. The van der Waals surface area contributed by atoms with Gasteiger partial charge in [-0.2, -0.15) is 0 Å². The predicted octanol–water partition coefficient (Wildman–Crippen LogP) is 2.07. The highest BCUT2D eigenvalue weighted by molar-refractivity contribution is 7.09. The zero-order valence-corrected chi connectivity index (χ0v) is 12.0. The molecular formula is C13H16N4O2S. The molecule has 0 unspecified atom stereocenters. The Morgan fingerprint density at radius 3 is 3.20 bits per heavy atom. The molecule has 1 aliphatic rings. The van der Waals surface area contributed by atoms with Crippen molar-refractivity contribution in [1.82, 2.24) is 20.5 Å². The summed E-state index contributed by atoms with van der Waals surface area (Å²) in [6.07, 6.45) is 2.49. The van der Waals surface area contributed by atoms with Crippen molar-refractivity contribution in [1.29, 1.82) is 0 Å². The molecule has 0 aromatic carbocycles. The maximum Gasteiger partial charge on any atom is 0.269 e. The predicted molar refractivity (Wildman–Crippen MR) is 75.0 cm³/mol. The van der Waals surface area contributed by atoms with E-state index >= 15 is 0 Å². The molecule has 20 heavy (non-hydrogen) atoms. The summed E-state index contributed by atoms with van der Waals surface area (Å²) in [5, 5.41) is 12.6. The van der Waals surface area contributed by atoms with Gasteiger partial charge in [-0.25, -0.2) is 4.98 Å². The summed E-state index contributed by atoms with van der Waals surface area (Å²) in [5.41, 5.74) is 1.31. The zero-order chi connectivity index (χ0) is 13.9. The van der Waals surface area contributed by atoms with E-state index in [0.717, 1.165) is 5.69 Å². The first kappa shape index (κ1) is 13.1. The van der Waals surface area contributed by atoms with Crippen molar-refractivity contribution in [3.63, 3.8) is 0 Å². The first-order valence-corrected chi connectivity index (χ1v) is 7.55. The number of nitrogens with zero attached hydrogens (tertiary/aromatic N) is 2. The second kappa shape index (κ2) is 5.62. The van der Waals surface area contributed by atoms with Gasteiger partial charge in [0.2, 0.25) is 5.88 Å². The van der Waals surface area contributed by atoms with Gasteiger partial charge in [0.1, 0.15) is 5.69 Å². The number of ether oxygens (including phenoxy) is 1. The topological polar surface area (TPSA) is 79.9 Å². The summed E-state index contributed by atoms with van der Waals surface area (Å²) in [6, 6.07) is 1.59. The Labute approximate surface area is 120 Å². The number of hydrogen-bond acceptors (Lipinski definition) is 5. The van der Waals surface area contributed by atoms with Crippen molar-refractivity contribution >= 4 is 17.2 Å². The second-order valence-electron chi connectivity index (χ2n) is 4.69. The Balaban J connectivity index is 1.54. The van der Waals surface area contributed by atoms with Crippen LogP contribution in [-0.4, -0.2) is 27.7 Å². The van der Waals surface area contributed by atoms with Crippen LogP contribution in [0.3, 0.4) is 0 Å². The van der Waals surface area contributed by atoms with E-state index < -0.39 is 0 Å². The van der Waals surface area contributed by atoms with E-state index in [1.165, 1.54) is 17.8 Å². The summed E-state index contributed by atoms with van der Waals surface area (Å²) >= 11 is 1.68. The molecule has 106 valence electrons. The van der Waals surface area contributed by atoms with E-state index in [1.54, 1.807) is 17.4 Å². The Morgan fingerprint density at radius 2 is 2.45 bits per heavy atom. The molecule has 0 saturated heterocycles. The Hall–Kier alpha value is -1.89. The molecule has 6 nitrogen and oxygen atoms in total. The fraction of sp³-hybridized carbons (Fsp3) is 0.462. The van der Waals surface area contributed by atoms with Crippen LogP contribution in [0.2, 0.25) is 0 Å². The van der Waals surface area contributed by atoms with Crippen LogP contribution in [0.4, 0.5) is 0 Å². The lowest BCUT2D eigenvalue weighted by Gasteiger charge is -2.00. The van der Waals surface area contributed by atoms with Crippen molar-refractivity contribution in [3.05, 3.63) is 27.8 Å². The first-order chi connectivity index (χ1) is 9.76. The average Bonchev–Trinajstić information content (AvgIpc) is 3.01. The van der Waals surface area contributed by atoms with Gasteiger partial charge in [-0.15, -0.1) is 16.4 Å². The molecule has 1 aliphatic carbocycles. The minimum absolute atomic E-state index is 0.204. The van der Waals surface area contributed by atoms with Gasteiger partial charge in [0.25, 0.3) is 5.91 Å². The lowest BCUT2D eigenvalue weighted by atomic mass is 10.4. The molecule has 2 N–H and O–H groups in total. The molecule has 3 rings (SSSR count). The average molecular weight is 292 g/mol. The number of rotatable bonds is 6. The molecule has 7 heteroatoms. The van der Waals surface area contributed by atoms with Gasteiger partial charge in [0.05, 0.1) is 23.9 Å². The van der Waals surface area contributed by atoms with Crippen LogP contribution in [0.25, 0.3) is 0 Å². The number of aromatic amines is 1. The summed E-state index contributed by atoms with van der Waals surface area (Å²) in [6.45, 7) is 2.83. The summed E-state index contributed by atoms with van der Waals surface area (Å²) in [7, 11) is 0. The largest absolute Gasteiger partial charge is 0.477 e. The molecule has 0 aliphatic heterocycles. The van der Waals surface area contributed by atoms with Gasteiger partial charge < -0.3 is 10.1 Å². The number of thiazole rings is 1. The third-order valence-corrected chi connectivity index (χ3v) is 4.07. The van der Waals surface area contributed by atoms with Crippen molar-refractivity contribution in [2.24, 2.45) is 0 Å². The molecule has 1 fully saturated rings. The van der Waals surface area contributed by atoms with E-state index in [9.17, 15) is 4.79 Å². The van der Waals surface area contributed by atoms with Gasteiger partial charge >= 0.3 is 0 Å². The van der Waals surface area contributed by atoms with Crippen molar-refractivity contribution in [3.8, 4) is 5.88 Å². The molecule has 0 bridgehead atoms. The van der Waals surface area contributed by atoms with Crippen LogP contribution in [0.15, 0.2) is 11.4 Å². The molecule has 0 spiro atoms. The molecule has 0 radical (unpaired) electrons. The van der Waals surface area contributed by atoms with Crippen LogP contribution < -0.4 is 10.1 Å². The van der Waals surface area contributed by atoms with Gasteiger partial charge in [-0.05, 0) is 19.8 Å². The highest BCUT2D eigenvalue weighted by Gasteiger charge is 2.26. The minimum Gasteiger partial charge on any atom is -0.477 e. The summed E-state index contributed by atoms with van der Waals surface area (Å²) < 4.78 is 5.20. The van der Waals surface area contributed by atoms with Crippen LogP contribution in [0.5, 0.6) is 5.88 Å². The third-order valence-electron chi connectivity index (χ3n) is 3.02. The quantitative estimate of drug-likeness (QED) is 0.854. The molecule has 2 heterocycles. The highest BCUT2D eigenvalue weighted by atomic mass is 32.1. The minimum atomic E-state index is -0.204. The van der Waals surface area contributed by atoms with Crippen molar-refractivity contribution < 1.29 is 9.53 Å². The Morgan fingerprint density at radius 1 is 1.60 bits per heavy atom. The van der Waals surface area contributed by atoms with E-state index in [1.807, 2.05) is 12.3 Å². The molecule has 1 saturated carbocycles. The van der Waals surface area contributed by atoms with Gasteiger partial charge in [-0.1, -0.05) is 0 Å². The molecular weight excluding hydrogens is 276 g/mol. The zero-order valence-electron chi connectivity index (χ0n) is 11.2. The van der Waals surface area contributed by atoms with E-state index in [0.29, 0.717) is 30.6 Å². The molecule has 2 aromatic rings. The standard InChI is InChI=1S/C13H16N4O2S/c1-2-19-11-5-10(16-17-11)12(18)14-6-9-7-20-13(15-9)8-3-4-8/h5,7-8H,2-4,6H2,1H3,(H,14,18)(H,16,17). The number of hydrogen-bond donors (Lipinski definition) is 2. The van der Waals surface area contributed by atoms with E-state index in [-0.39, 0.29) is 5.91 Å². The number of nitrogens with one attached hydrogen (secondary N) is 2. The molecule has 1 amide bonds. The number of H-pyrrole nitrogens is 1. The number of aromatic nitrogens is 3. The number of carbonyl (C=O) groups is 1. The van der Waals surface area contributed by atoms with Crippen LogP contribution in [0.1, 0.15) is 46.9 Å². The van der Waals surface area contributed by atoms with Crippen molar-refractivity contribution in [2.75, 3.05) is 6.61 Å². The molecule has 2 aromatic heterocycles. The van der Waals surface area contributed by atoms with Gasteiger partial charge in [-0.3, -0.25) is 9.89 Å². The third kappa shape index (κ3) is 2.98. The Kier molecular flexibility index (Phi) is 3.68. The van der Waals surface area contributed by atoms with Crippen LogP contribution in [0, 0.1) is 0 Å². The smallest absolute Gasteiger partial charge is 0.269 e. The molecule has 0 atom stereocenters. The van der Waals surface area contributed by atoms with E-state index in [2.05, 4.69) is 20.5 Å². The maximum absolute atomic E-state index is 11.9. The monoisotopic (exact) mass is 292 g/mol. The van der Waals surface area contributed by atoms with E-state index in [4.69, 9.17) is 4.74 Å². The lowest BCUT2D eigenvalue weighted by Crippen LogP contribution is -2.23. The summed E-state index contributed by atoms with van der Waals surface area (Å²) in [4.78, 5) is 16.5. The first-order valence-electron chi connectivity index (χ1n) is 6.67. The summed E-state index contributed by atoms with van der Waals surface area (Å²) in [5.74, 6) is 0.887. The maximum atomic E-state index is 11.9. The van der Waals surface area contributed by atoms with Gasteiger partial charge in [0, 0.05) is 17.4 Å². The normalized spacial score (nSPS) is 14.2. The van der Waals surface area contributed by atoms with Gasteiger partial charge in [0.15, 0.2) is 0 Å². The fourth-order valence-corrected chi connectivity index (χ4v) is 2.82. The van der Waals surface area contributed by atoms with Crippen molar-refractivity contribution in [2.45, 2.75) is 32.2 Å². The fourth-order valence-electron chi connectivity index (χ4n) is 1.83. The second-order valence-corrected chi connectivity index (χ2v) is 5.58. The highest BCUT2D eigenvalue weighted by Crippen LogP contribution is 2.41. The van der Waals surface area contributed by atoms with Crippen LogP contribution >= 0.6 is 11.3 Å². The number of amides is 1. The Bertz CT molecular complexity index is 603. The lowest BCUT2D eigenvalue weighted by molar-refractivity contribution is 0.0945. The van der Waals surface area contributed by atoms with Crippen LogP contribution in [-0.2, 0) is 6.54 Å². The SMILES string of the molecule is CCOc1cc(C(=O)NCc2csc(C3CC3)n2)[nH]n1.